The lowest BCUT2D eigenvalue weighted by atomic mass is 10.1. The number of aromatic nitrogens is 4. The van der Waals surface area contributed by atoms with Gasteiger partial charge in [0.25, 0.3) is 0 Å². The summed E-state index contributed by atoms with van der Waals surface area (Å²) in [7, 11) is 0. The molecule has 0 fully saturated rings. The summed E-state index contributed by atoms with van der Waals surface area (Å²) in [5.74, 6) is 1.56. The summed E-state index contributed by atoms with van der Waals surface area (Å²) >= 11 is 3.18. The second kappa shape index (κ2) is 7.66. The van der Waals surface area contributed by atoms with E-state index < -0.39 is 0 Å². The van der Waals surface area contributed by atoms with E-state index in [2.05, 4.69) is 26.8 Å². The van der Waals surface area contributed by atoms with Crippen LogP contribution in [-0.4, -0.2) is 19.9 Å². The Balaban J connectivity index is 1.52. The molecule has 8 heteroatoms. The van der Waals surface area contributed by atoms with Gasteiger partial charge in [-0.25, -0.2) is 4.39 Å². The number of nitrogens with zero attached hydrogens (tertiary/aromatic N) is 4. The van der Waals surface area contributed by atoms with Gasteiger partial charge in [-0.15, -0.1) is 21.5 Å². The Labute approximate surface area is 164 Å². The van der Waals surface area contributed by atoms with E-state index in [1.54, 1.807) is 29.5 Å². The molecule has 0 saturated carbocycles. The van der Waals surface area contributed by atoms with Crippen molar-refractivity contribution >= 4 is 23.1 Å². The molecule has 4 aromatic rings. The van der Waals surface area contributed by atoms with Crippen LogP contribution in [0.4, 0.5) is 4.39 Å². The fraction of sp³-hybridized carbons (Fsp3) is 0.211. The predicted molar refractivity (Wildman–Crippen MR) is 105 cm³/mol. The smallest absolute Gasteiger partial charge is 0.191 e. The molecule has 1 aromatic carbocycles. The average Bonchev–Trinajstić information content (AvgIpc) is 3.41. The molecule has 3 aromatic heterocycles. The van der Waals surface area contributed by atoms with Crippen molar-refractivity contribution in [1.82, 2.24) is 19.9 Å². The van der Waals surface area contributed by atoms with Crippen molar-refractivity contribution in [2.75, 3.05) is 0 Å². The van der Waals surface area contributed by atoms with Crippen LogP contribution in [-0.2, 0) is 12.3 Å². The van der Waals surface area contributed by atoms with Gasteiger partial charge in [-0.05, 0) is 37.4 Å². The highest BCUT2D eigenvalue weighted by Crippen LogP contribution is 2.30. The second-order valence-electron chi connectivity index (χ2n) is 5.98. The highest BCUT2D eigenvalue weighted by Gasteiger charge is 2.16. The largest absolute Gasteiger partial charge is 0.356 e. The van der Waals surface area contributed by atoms with Gasteiger partial charge >= 0.3 is 0 Å². The van der Waals surface area contributed by atoms with Crippen molar-refractivity contribution in [3.8, 4) is 22.0 Å². The van der Waals surface area contributed by atoms with Crippen LogP contribution in [0.3, 0.4) is 0 Å². The van der Waals surface area contributed by atoms with E-state index in [4.69, 9.17) is 4.52 Å². The van der Waals surface area contributed by atoms with Crippen LogP contribution in [0.25, 0.3) is 22.0 Å². The van der Waals surface area contributed by atoms with E-state index in [-0.39, 0.29) is 5.82 Å². The third kappa shape index (κ3) is 3.68. The summed E-state index contributed by atoms with van der Waals surface area (Å²) in [5.41, 5.74) is 2.13. The fourth-order valence-electron chi connectivity index (χ4n) is 2.74. The summed E-state index contributed by atoms with van der Waals surface area (Å²) in [6.45, 7) is 4.76. The lowest BCUT2D eigenvalue weighted by Gasteiger charge is -2.04. The maximum Gasteiger partial charge on any atom is 0.191 e. The first-order valence-corrected chi connectivity index (χ1v) is 10.3. The molecule has 0 unspecified atom stereocenters. The molecule has 0 N–H and O–H groups in total. The Bertz CT molecular complexity index is 1060. The number of hydrogen-bond donors (Lipinski definition) is 0. The van der Waals surface area contributed by atoms with Gasteiger partial charge in [-0.1, -0.05) is 34.6 Å². The lowest BCUT2D eigenvalue weighted by Crippen LogP contribution is -1.99. The van der Waals surface area contributed by atoms with Gasteiger partial charge < -0.3 is 9.09 Å². The minimum absolute atomic E-state index is 0.317. The van der Waals surface area contributed by atoms with Crippen molar-refractivity contribution in [2.24, 2.45) is 0 Å². The first-order valence-electron chi connectivity index (χ1n) is 8.47. The topological polar surface area (TPSA) is 56.7 Å². The number of aryl methyl sites for hydroxylation is 1. The van der Waals surface area contributed by atoms with Gasteiger partial charge in [0.1, 0.15) is 5.82 Å². The molecular formula is C19H17FN4OS2. The van der Waals surface area contributed by atoms with Crippen molar-refractivity contribution in [1.29, 1.82) is 0 Å². The van der Waals surface area contributed by atoms with Gasteiger partial charge in [0, 0.05) is 18.4 Å². The standard InChI is InChI=1S/C19H17FN4OS2/c1-3-24-18(17-5-4-8-26-17)21-22-19(24)27-11-13-10-16(25-23-13)14-9-12(2)6-7-15(14)20/h4-10H,3,11H2,1-2H3. The van der Waals surface area contributed by atoms with Crippen molar-refractivity contribution in [3.63, 3.8) is 0 Å². The normalized spacial score (nSPS) is 11.2. The molecule has 0 amide bonds. The zero-order valence-electron chi connectivity index (χ0n) is 14.8. The number of halogens is 1. The molecule has 27 heavy (non-hydrogen) atoms. The number of thioether (sulfide) groups is 1. The molecule has 0 saturated heterocycles. The quantitative estimate of drug-likeness (QED) is 0.404. The summed E-state index contributed by atoms with van der Waals surface area (Å²) < 4.78 is 21.5. The van der Waals surface area contributed by atoms with Crippen LogP contribution < -0.4 is 0 Å². The highest BCUT2D eigenvalue weighted by atomic mass is 32.2. The van der Waals surface area contributed by atoms with Crippen molar-refractivity contribution in [2.45, 2.75) is 31.3 Å². The molecule has 0 atom stereocenters. The third-order valence-electron chi connectivity index (χ3n) is 4.07. The summed E-state index contributed by atoms with van der Waals surface area (Å²) in [6.07, 6.45) is 0. The van der Waals surface area contributed by atoms with Gasteiger partial charge in [-0.3, -0.25) is 0 Å². The van der Waals surface area contributed by atoms with Gasteiger partial charge in [0.15, 0.2) is 16.7 Å². The summed E-state index contributed by atoms with van der Waals surface area (Å²) in [6, 6.07) is 10.7. The van der Waals surface area contributed by atoms with Crippen molar-refractivity contribution in [3.05, 3.63) is 58.9 Å². The molecule has 0 bridgehead atoms. The van der Waals surface area contributed by atoms with Crippen LogP contribution in [0, 0.1) is 12.7 Å². The number of rotatable bonds is 6. The van der Waals surface area contributed by atoms with Gasteiger partial charge in [0.2, 0.25) is 0 Å². The molecule has 0 aliphatic carbocycles. The predicted octanol–water partition coefficient (Wildman–Crippen LogP) is 5.42. The first kappa shape index (κ1) is 17.9. The van der Waals surface area contributed by atoms with E-state index in [0.717, 1.165) is 33.7 Å². The molecule has 4 rings (SSSR count). The molecular weight excluding hydrogens is 383 g/mol. The number of benzene rings is 1. The molecule has 0 aliphatic heterocycles. The van der Waals surface area contributed by atoms with E-state index in [1.165, 1.54) is 17.8 Å². The average molecular weight is 401 g/mol. The Kier molecular flexibility index (Phi) is 5.09. The first-order chi connectivity index (χ1) is 13.2. The molecule has 5 nitrogen and oxygen atoms in total. The Morgan fingerprint density at radius 2 is 2.11 bits per heavy atom. The molecule has 0 radical (unpaired) electrons. The Morgan fingerprint density at radius 1 is 1.22 bits per heavy atom. The lowest BCUT2D eigenvalue weighted by molar-refractivity contribution is 0.424. The molecule has 0 aliphatic rings. The Morgan fingerprint density at radius 3 is 2.89 bits per heavy atom. The van der Waals surface area contributed by atoms with Crippen LogP contribution in [0.2, 0.25) is 0 Å². The van der Waals surface area contributed by atoms with Gasteiger partial charge in [0.05, 0.1) is 16.1 Å². The Hall–Kier alpha value is -2.45. The minimum Gasteiger partial charge on any atom is -0.356 e. The van der Waals surface area contributed by atoms with E-state index in [0.29, 0.717) is 17.1 Å². The molecule has 3 heterocycles. The maximum absolute atomic E-state index is 14.0. The summed E-state index contributed by atoms with van der Waals surface area (Å²) in [4.78, 5) is 1.09. The number of hydrogen-bond acceptors (Lipinski definition) is 6. The van der Waals surface area contributed by atoms with E-state index >= 15 is 0 Å². The van der Waals surface area contributed by atoms with Crippen molar-refractivity contribution < 1.29 is 8.91 Å². The highest BCUT2D eigenvalue weighted by molar-refractivity contribution is 7.98. The zero-order chi connectivity index (χ0) is 18.8. The van der Waals surface area contributed by atoms with Crippen LogP contribution >= 0.6 is 23.1 Å². The minimum atomic E-state index is -0.317. The van der Waals surface area contributed by atoms with Crippen LogP contribution in [0.15, 0.2) is 51.5 Å². The molecule has 0 spiro atoms. The third-order valence-corrected chi connectivity index (χ3v) is 5.94. The van der Waals surface area contributed by atoms with E-state index in [9.17, 15) is 4.39 Å². The van der Waals surface area contributed by atoms with E-state index in [1.807, 2.05) is 24.4 Å². The molecule has 138 valence electrons. The van der Waals surface area contributed by atoms with Crippen LogP contribution in [0.5, 0.6) is 0 Å². The SMILES string of the molecule is CCn1c(SCc2cc(-c3cc(C)ccc3F)on2)nnc1-c1cccs1. The summed E-state index contributed by atoms with van der Waals surface area (Å²) in [5, 5.41) is 15.6. The van der Waals surface area contributed by atoms with Crippen LogP contribution in [0.1, 0.15) is 18.2 Å². The second-order valence-corrected chi connectivity index (χ2v) is 7.87. The zero-order valence-corrected chi connectivity index (χ0v) is 16.5. The maximum atomic E-state index is 14.0. The number of thiophene rings is 1. The fourth-order valence-corrected chi connectivity index (χ4v) is 4.34. The van der Waals surface area contributed by atoms with Gasteiger partial charge in [-0.2, -0.15) is 0 Å². The monoisotopic (exact) mass is 400 g/mol.